The van der Waals surface area contributed by atoms with E-state index in [2.05, 4.69) is 5.32 Å². The molecule has 2 aliphatic rings. The van der Waals surface area contributed by atoms with Crippen LogP contribution in [0.25, 0.3) is 11.1 Å². The second-order valence-corrected chi connectivity index (χ2v) is 10.0. The Bertz CT molecular complexity index is 1260. The van der Waals surface area contributed by atoms with Gasteiger partial charge in [-0.05, 0) is 54.3 Å². The lowest BCUT2D eigenvalue weighted by Crippen LogP contribution is -2.49. The third kappa shape index (κ3) is 6.94. The van der Waals surface area contributed by atoms with Crippen LogP contribution in [0.4, 0.5) is 0 Å². The van der Waals surface area contributed by atoms with E-state index in [1.807, 2.05) is 71.6 Å². The van der Waals surface area contributed by atoms with E-state index in [9.17, 15) is 4.79 Å². The third-order valence-corrected chi connectivity index (χ3v) is 7.10. The van der Waals surface area contributed by atoms with Gasteiger partial charge < -0.3 is 33.9 Å². The van der Waals surface area contributed by atoms with Crippen LogP contribution in [0.3, 0.4) is 0 Å². The van der Waals surface area contributed by atoms with Crippen molar-refractivity contribution in [2.45, 2.75) is 38.0 Å². The molecule has 1 heterocycles. The second-order valence-electron chi connectivity index (χ2n) is 10.0. The predicted molar refractivity (Wildman–Crippen MR) is 153 cm³/mol. The molecule has 1 saturated heterocycles. The maximum absolute atomic E-state index is 13.7. The van der Waals surface area contributed by atoms with Gasteiger partial charge in [0.05, 0.1) is 20.3 Å². The summed E-state index contributed by atoms with van der Waals surface area (Å²) >= 11 is 0. The van der Waals surface area contributed by atoms with Gasteiger partial charge in [-0.1, -0.05) is 36.4 Å². The number of hydrogen-bond acceptors (Lipinski definition) is 7. The van der Waals surface area contributed by atoms with Crippen LogP contribution >= 0.6 is 0 Å². The molecule has 212 valence electrons. The molecule has 1 aliphatic heterocycles. The number of morpholine rings is 1. The fourth-order valence-corrected chi connectivity index (χ4v) is 4.90. The number of ether oxygens (including phenoxy) is 5. The molecule has 3 aromatic rings. The number of nitrogens with zero attached hydrogens (tertiary/aromatic N) is 1. The van der Waals surface area contributed by atoms with Crippen LogP contribution in [0.2, 0.25) is 0 Å². The van der Waals surface area contributed by atoms with E-state index in [1.54, 1.807) is 14.2 Å². The first kappa shape index (κ1) is 28.0. The van der Waals surface area contributed by atoms with Gasteiger partial charge in [0, 0.05) is 51.4 Å². The van der Waals surface area contributed by atoms with Crippen molar-refractivity contribution in [1.82, 2.24) is 10.2 Å². The smallest absolute Gasteiger partial charge is 0.253 e. The Morgan fingerprint density at radius 2 is 1.75 bits per heavy atom. The van der Waals surface area contributed by atoms with Crippen LogP contribution in [0.15, 0.2) is 66.7 Å². The fourth-order valence-electron chi connectivity index (χ4n) is 4.90. The van der Waals surface area contributed by atoms with Crippen molar-refractivity contribution < 1.29 is 28.5 Å². The summed E-state index contributed by atoms with van der Waals surface area (Å²) in [5.74, 6) is 2.74. The summed E-state index contributed by atoms with van der Waals surface area (Å²) in [7, 11) is 3.32. The largest absolute Gasteiger partial charge is 0.493 e. The quantitative estimate of drug-likeness (QED) is 0.301. The Kier molecular flexibility index (Phi) is 9.54. The zero-order valence-electron chi connectivity index (χ0n) is 23.3. The lowest BCUT2D eigenvalue weighted by molar-refractivity contribution is -0.146. The van der Waals surface area contributed by atoms with E-state index in [1.165, 1.54) is 0 Å². The van der Waals surface area contributed by atoms with Crippen LogP contribution in [-0.2, 0) is 20.8 Å². The fraction of sp³-hybridized carbons (Fsp3) is 0.406. The number of carbonyl (C=O) groups is 1. The van der Waals surface area contributed by atoms with E-state index < -0.39 is 6.10 Å². The molecule has 5 rings (SSSR count). The average Bonchev–Trinajstić information content (AvgIpc) is 3.85. The number of para-hydroxylation sites is 2. The summed E-state index contributed by atoms with van der Waals surface area (Å²) in [6.07, 6.45) is 2.26. The zero-order valence-corrected chi connectivity index (χ0v) is 23.3. The van der Waals surface area contributed by atoms with Crippen molar-refractivity contribution in [3.8, 4) is 34.1 Å². The van der Waals surface area contributed by atoms with Crippen molar-refractivity contribution in [1.29, 1.82) is 0 Å². The molecule has 1 amide bonds. The highest BCUT2D eigenvalue weighted by Crippen LogP contribution is 2.42. The van der Waals surface area contributed by atoms with Crippen LogP contribution in [0.5, 0.6) is 23.0 Å². The molecule has 8 heteroatoms. The number of amides is 1. The molecule has 0 aromatic heterocycles. The summed E-state index contributed by atoms with van der Waals surface area (Å²) in [4.78, 5) is 15.6. The minimum Gasteiger partial charge on any atom is -0.493 e. The molecular formula is C32H38N2O6. The summed E-state index contributed by atoms with van der Waals surface area (Å²) in [6, 6.07) is 21.9. The molecule has 0 bridgehead atoms. The Morgan fingerprint density at radius 1 is 0.950 bits per heavy atom. The molecule has 1 aliphatic carbocycles. The summed E-state index contributed by atoms with van der Waals surface area (Å²) < 4.78 is 29.3. The average molecular weight is 547 g/mol. The van der Waals surface area contributed by atoms with E-state index in [0.29, 0.717) is 44.4 Å². The van der Waals surface area contributed by atoms with Gasteiger partial charge in [-0.3, -0.25) is 4.79 Å². The maximum Gasteiger partial charge on any atom is 0.253 e. The molecule has 1 saturated carbocycles. The van der Waals surface area contributed by atoms with Crippen molar-refractivity contribution in [3.63, 3.8) is 0 Å². The van der Waals surface area contributed by atoms with Gasteiger partial charge in [-0.15, -0.1) is 0 Å². The van der Waals surface area contributed by atoms with E-state index >= 15 is 0 Å². The molecule has 1 N–H and O–H groups in total. The molecule has 0 unspecified atom stereocenters. The van der Waals surface area contributed by atoms with Gasteiger partial charge in [0.25, 0.3) is 5.91 Å². The van der Waals surface area contributed by atoms with Gasteiger partial charge in [0.1, 0.15) is 17.6 Å². The number of hydrogen-bond donors (Lipinski definition) is 1. The van der Waals surface area contributed by atoms with Gasteiger partial charge in [-0.2, -0.15) is 0 Å². The number of methoxy groups -OCH3 is 2. The van der Waals surface area contributed by atoms with Crippen molar-refractivity contribution in [2.24, 2.45) is 0 Å². The Balaban J connectivity index is 1.53. The minimum atomic E-state index is -0.477. The zero-order chi connectivity index (χ0) is 27.7. The molecule has 3 aromatic carbocycles. The number of rotatable bonds is 13. The Hall–Kier alpha value is -3.59. The maximum atomic E-state index is 13.7. The predicted octanol–water partition coefficient (Wildman–Crippen LogP) is 5.05. The van der Waals surface area contributed by atoms with E-state index in [-0.39, 0.29) is 11.9 Å². The van der Waals surface area contributed by atoms with Gasteiger partial charge >= 0.3 is 0 Å². The highest BCUT2D eigenvalue weighted by molar-refractivity contribution is 5.83. The molecule has 1 atom stereocenters. The number of nitrogens with one attached hydrogen (secondary N) is 1. The molecule has 8 nitrogen and oxygen atoms in total. The molecule has 0 radical (unpaired) electrons. The second kappa shape index (κ2) is 13.7. The normalized spacial score (nSPS) is 16.8. The monoisotopic (exact) mass is 546 g/mol. The van der Waals surface area contributed by atoms with Crippen molar-refractivity contribution in [2.75, 3.05) is 47.1 Å². The summed E-state index contributed by atoms with van der Waals surface area (Å²) in [5, 5.41) is 3.28. The highest BCUT2D eigenvalue weighted by atomic mass is 16.5. The lowest BCUT2D eigenvalue weighted by Gasteiger charge is -2.31. The van der Waals surface area contributed by atoms with Crippen LogP contribution in [-0.4, -0.2) is 70.1 Å². The van der Waals surface area contributed by atoms with E-state index in [4.69, 9.17) is 23.7 Å². The molecular weight excluding hydrogens is 508 g/mol. The standard InChI is InChI=1S/C32H38N2O6/c1-36-16-8-17-38-30-19-23(22-34(24-13-14-24)32(35)31-21-33-15-18-39-31)27(20-29(30)37-2)26-11-6-7-12-28(26)40-25-9-4-3-5-10-25/h3-7,9-12,19-20,24,31,33H,8,13-18,21-22H2,1-2H3/t31-/m1/s1. The van der Waals surface area contributed by atoms with E-state index in [0.717, 1.165) is 54.0 Å². The van der Waals surface area contributed by atoms with Crippen LogP contribution in [0, 0.1) is 0 Å². The van der Waals surface area contributed by atoms with Crippen molar-refractivity contribution in [3.05, 3.63) is 72.3 Å². The van der Waals surface area contributed by atoms with Gasteiger partial charge in [0.15, 0.2) is 11.5 Å². The minimum absolute atomic E-state index is 0.0212. The molecule has 0 spiro atoms. The van der Waals surface area contributed by atoms with Gasteiger partial charge in [-0.25, -0.2) is 0 Å². The molecule has 2 fully saturated rings. The Labute approximate surface area is 236 Å². The first-order chi connectivity index (χ1) is 19.7. The summed E-state index contributed by atoms with van der Waals surface area (Å²) in [5.41, 5.74) is 2.79. The Morgan fingerprint density at radius 3 is 2.48 bits per heavy atom. The first-order valence-electron chi connectivity index (χ1n) is 14.0. The van der Waals surface area contributed by atoms with Crippen molar-refractivity contribution >= 4 is 5.91 Å². The summed E-state index contributed by atoms with van der Waals surface area (Å²) in [6.45, 7) is 3.35. The molecule has 40 heavy (non-hydrogen) atoms. The lowest BCUT2D eigenvalue weighted by atomic mass is 9.97. The highest BCUT2D eigenvalue weighted by Gasteiger charge is 2.37. The first-order valence-corrected chi connectivity index (χ1v) is 14.0. The third-order valence-electron chi connectivity index (χ3n) is 7.10. The topological polar surface area (TPSA) is 78.5 Å². The van der Waals surface area contributed by atoms with Crippen LogP contribution < -0.4 is 19.5 Å². The SMILES string of the molecule is COCCCOc1cc(CN(C(=O)[C@H]2CNCCO2)C2CC2)c(-c2ccccc2Oc2ccccc2)cc1OC. The number of carbonyl (C=O) groups excluding carboxylic acids is 1. The van der Waals surface area contributed by atoms with Crippen LogP contribution in [0.1, 0.15) is 24.8 Å². The number of benzene rings is 3. The van der Waals surface area contributed by atoms with Gasteiger partial charge in [0.2, 0.25) is 0 Å².